The van der Waals surface area contributed by atoms with Gasteiger partial charge in [-0.15, -0.1) is 0 Å². The summed E-state index contributed by atoms with van der Waals surface area (Å²) in [5.74, 6) is 0. The van der Waals surface area contributed by atoms with Crippen molar-refractivity contribution in [2.45, 2.75) is 24.4 Å². The minimum Gasteiger partial charge on any atom is -0.292 e. The summed E-state index contributed by atoms with van der Waals surface area (Å²) in [7, 11) is 0. The maximum atomic E-state index is 12.1. The highest BCUT2D eigenvalue weighted by Crippen LogP contribution is 2.20. The number of para-hydroxylation sites is 2. The number of halogens is 1. The minimum atomic E-state index is 0.0839. The van der Waals surface area contributed by atoms with Crippen LogP contribution in [0.5, 0.6) is 0 Å². The van der Waals surface area contributed by atoms with Crippen LogP contribution in [-0.2, 0) is 6.54 Å². The van der Waals surface area contributed by atoms with Crippen LogP contribution in [0, 0.1) is 0 Å². The van der Waals surface area contributed by atoms with E-state index in [1.165, 1.54) is 0 Å². The molecule has 0 radical (unpaired) electrons. The van der Waals surface area contributed by atoms with Crippen LogP contribution in [0.3, 0.4) is 0 Å². The fourth-order valence-corrected chi connectivity index (χ4v) is 2.42. The quantitative estimate of drug-likeness (QED) is 0.618. The van der Waals surface area contributed by atoms with E-state index in [4.69, 9.17) is 0 Å². The summed E-state index contributed by atoms with van der Waals surface area (Å²) < 4.78 is 3.82. The molecule has 80 valence electrons. The number of imidazole rings is 1. The SMILES string of the molecule is CCn1c(=O)n(C(C)I)c2ccccc21. The van der Waals surface area contributed by atoms with Crippen molar-refractivity contribution >= 4 is 33.6 Å². The fraction of sp³-hybridized carbons (Fsp3) is 0.364. The van der Waals surface area contributed by atoms with Gasteiger partial charge in [-0.1, -0.05) is 34.7 Å². The lowest BCUT2D eigenvalue weighted by atomic mass is 10.3. The number of aryl methyl sites for hydroxylation is 1. The summed E-state index contributed by atoms with van der Waals surface area (Å²) in [5, 5.41) is 0. The number of alkyl halides is 1. The molecule has 2 aromatic rings. The Morgan fingerprint density at radius 3 is 2.47 bits per heavy atom. The minimum absolute atomic E-state index is 0.0839. The first-order chi connectivity index (χ1) is 7.16. The van der Waals surface area contributed by atoms with Gasteiger partial charge < -0.3 is 0 Å². The third-order valence-electron chi connectivity index (χ3n) is 2.54. The Kier molecular flexibility index (Phi) is 2.86. The molecule has 0 amide bonds. The lowest BCUT2D eigenvalue weighted by Gasteiger charge is -2.04. The molecule has 1 heterocycles. The Bertz CT molecular complexity index is 539. The molecule has 1 atom stereocenters. The van der Waals surface area contributed by atoms with Crippen LogP contribution in [0.25, 0.3) is 11.0 Å². The molecule has 2 rings (SSSR count). The monoisotopic (exact) mass is 316 g/mol. The van der Waals surface area contributed by atoms with E-state index in [0.29, 0.717) is 0 Å². The molecule has 0 N–H and O–H groups in total. The number of fused-ring (bicyclic) bond motifs is 1. The number of rotatable bonds is 2. The van der Waals surface area contributed by atoms with Gasteiger partial charge in [0.1, 0.15) is 0 Å². The van der Waals surface area contributed by atoms with Gasteiger partial charge in [-0.3, -0.25) is 9.13 Å². The Hall–Kier alpha value is -0.780. The molecule has 1 aromatic heterocycles. The molecule has 0 aliphatic rings. The van der Waals surface area contributed by atoms with Gasteiger partial charge in [0, 0.05) is 6.54 Å². The number of aromatic nitrogens is 2. The summed E-state index contributed by atoms with van der Waals surface area (Å²) in [4.78, 5) is 12.1. The number of nitrogens with zero attached hydrogens (tertiary/aromatic N) is 2. The van der Waals surface area contributed by atoms with Gasteiger partial charge in [0.25, 0.3) is 0 Å². The molecule has 1 unspecified atom stereocenters. The van der Waals surface area contributed by atoms with Crippen LogP contribution >= 0.6 is 22.6 Å². The largest absolute Gasteiger partial charge is 0.330 e. The normalized spacial score (nSPS) is 13.3. The van der Waals surface area contributed by atoms with Crippen molar-refractivity contribution in [1.29, 1.82) is 0 Å². The van der Waals surface area contributed by atoms with Crippen molar-refractivity contribution in [3.8, 4) is 0 Å². The molecule has 3 nitrogen and oxygen atoms in total. The first kappa shape index (κ1) is 10.7. The predicted octanol–water partition coefficient (Wildman–Crippen LogP) is 2.78. The van der Waals surface area contributed by atoms with E-state index in [2.05, 4.69) is 22.6 Å². The zero-order valence-corrected chi connectivity index (χ0v) is 10.9. The van der Waals surface area contributed by atoms with Crippen molar-refractivity contribution in [3.63, 3.8) is 0 Å². The predicted molar refractivity (Wildman–Crippen MR) is 70.6 cm³/mol. The second-order valence-electron chi connectivity index (χ2n) is 3.46. The van der Waals surface area contributed by atoms with E-state index in [9.17, 15) is 4.79 Å². The number of hydrogen-bond acceptors (Lipinski definition) is 1. The average Bonchev–Trinajstić information content (AvgIpc) is 2.49. The molecule has 0 spiro atoms. The summed E-state index contributed by atoms with van der Waals surface area (Å²) in [6, 6.07) is 7.93. The second kappa shape index (κ2) is 4.00. The Morgan fingerprint density at radius 2 is 1.93 bits per heavy atom. The van der Waals surface area contributed by atoms with Crippen molar-refractivity contribution in [2.24, 2.45) is 0 Å². The molecule has 0 aliphatic heterocycles. The van der Waals surface area contributed by atoms with Gasteiger partial charge in [0.15, 0.2) is 0 Å². The molecule has 0 saturated carbocycles. The van der Waals surface area contributed by atoms with Crippen LogP contribution in [0.4, 0.5) is 0 Å². The second-order valence-corrected chi connectivity index (χ2v) is 5.26. The van der Waals surface area contributed by atoms with Crippen LogP contribution in [-0.4, -0.2) is 9.13 Å². The molecule has 0 saturated heterocycles. The van der Waals surface area contributed by atoms with E-state index in [-0.39, 0.29) is 9.74 Å². The van der Waals surface area contributed by atoms with Crippen LogP contribution in [0.15, 0.2) is 29.1 Å². The van der Waals surface area contributed by atoms with Gasteiger partial charge in [0.2, 0.25) is 0 Å². The topological polar surface area (TPSA) is 26.9 Å². The molecule has 0 fully saturated rings. The standard InChI is InChI=1S/C11H13IN2O/c1-3-13-9-6-4-5-7-10(9)14(8(2)12)11(13)15/h4-8H,3H2,1-2H3. The summed E-state index contributed by atoms with van der Waals surface area (Å²) in [5.41, 5.74) is 2.13. The molecule has 15 heavy (non-hydrogen) atoms. The van der Waals surface area contributed by atoms with Crippen molar-refractivity contribution in [2.75, 3.05) is 0 Å². The molecular weight excluding hydrogens is 303 g/mol. The molecule has 0 bridgehead atoms. The zero-order valence-electron chi connectivity index (χ0n) is 8.77. The van der Waals surface area contributed by atoms with Crippen LogP contribution in [0.1, 0.15) is 17.9 Å². The maximum absolute atomic E-state index is 12.1. The van der Waals surface area contributed by atoms with Crippen molar-refractivity contribution in [1.82, 2.24) is 9.13 Å². The highest BCUT2D eigenvalue weighted by atomic mass is 127. The zero-order chi connectivity index (χ0) is 11.0. The van der Waals surface area contributed by atoms with Crippen LogP contribution < -0.4 is 5.69 Å². The van der Waals surface area contributed by atoms with E-state index < -0.39 is 0 Å². The summed E-state index contributed by atoms with van der Waals surface area (Å²) in [6.45, 7) is 4.74. The fourth-order valence-electron chi connectivity index (χ4n) is 1.88. The maximum Gasteiger partial charge on any atom is 0.330 e. The van der Waals surface area contributed by atoms with Gasteiger partial charge in [-0.05, 0) is 26.0 Å². The molecule has 0 aliphatic carbocycles. The lowest BCUT2D eigenvalue weighted by Crippen LogP contribution is -2.24. The Balaban J connectivity index is 2.91. The van der Waals surface area contributed by atoms with Crippen LogP contribution in [0.2, 0.25) is 0 Å². The lowest BCUT2D eigenvalue weighted by molar-refractivity contribution is 0.673. The molecule has 4 heteroatoms. The highest BCUT2D eigenvalue weighted by Gasteiger charge is 2.13. The van der Waals surface area contributed by atoms with Gasteiger partial charge in [-0.2, -0.15) is 0 Å². The summed E-state index contributed by atoms with van der Waals surface area (Å²) in [6.07, 6.45) is 0. The Labute approximate surface area is 102 Å². The van der Waals surface area contributed by atoms with E-state index in [0.717, 1.165) is 17.6 Å². The summed E-state index contributed by atoms with van der Waals surface area (Å²) >= 11 is 2.26. The van der Waals surface area contributed by atoms with Crippen molar-refractivity contribution in [3.05, 3.63) is 34.7 Å². The number of hydrogen-bond donors (Lipinski definition) is 0. The molecule has 1 aromatic carbocycles. The van der Waals surface area contributed by atoms with Crippen molar-refractivity contribution < 1.29 is 0 Å². The van der Waals surface area contributed by atoms with Gasteiger partial charge >= 0.3 is 5.69 Å². The van der Waals surface area contributed by atoms with E-state index in [1.54, 1.807) is 0 Å². The third kappa shape index (κ3) is 1.60. The number of benzene rings is 1. The smallest absolute Gasteiger partial charge is 0.292 e. The third-order valence-corrected chi connectivity index (χ3v) is 3.10. The van der Waals surface area contributed by atoms with E-state index in [1.807, 2.05) is 47.2 Å². The van der Waals surface area contributed by atoms with E-state index >= 15 is 0 Å². The molecular formula is C11H13IN2O. The van der Waals surface area contributed by atoms with Gasteiger partial charge in [-0.25, -0.2) is 4.79 Å². The Morgan fingerprint density at radius 1 is 1.33 bits per heavy atom. The highest BCUT2D eigenvalue weighted by molar-refractivity contribution is 14.1. The first-order valence-corrected chi connectivity index (χ1v) is 6.25. The average molecular weight is 316 g/mol. The van der Waals surface area contributed by atoms with Gasteiger partial charge in [0.05, 0.1) is 15.1 Å². The first-order valence-electron chi connectivity index (χ1n) is 5.00.